The molecule has 0 bridgehead atoms. The maximum atomic E-state index is 12.2. The Bertz CT molecular complexity index is 1200. The Morgan fingerprint density at radius 2 is 1.58 bits per heavy atom. The number of piperidine rings is 1. The lowest BCUT2D eigenvalue weighted by molar-refractivity contribution is 0.0694. The number of aromatic nitrogens is 1. The van der Waals surface area contributed by atoms with E-state index in [4.69, 9.17) is 0 Å². The molecule has 1 aromatic heterocycles. The molecule has 1 saturated heterocycles. The van der Waals surface area contributed by atoms with Gasteiger partial charge in [0, 0.05) is 36.6 Å². The molecule has 0 saturated carbocycles. The van der Waals surface area contributed by atoms with E-state index in [0.29, 0.717) is 24.6 Å². The number of benzene rings is 2. The van der Waals surface area contributed by atoms with Crippen LogP contribution >= 0.6 is 0 Å². The minimum absolute atomic E-state index is 0.457. The maximum absolute atomic E-state index is 12.2. The highest BCUT2D eigenvalue weighted by molar-refractivity contribution is 5.91. The van der Waals surface area contributed by atoms with Crippen LogP contribution < -0.4 is 5.32 Å². The molecule has 192 valence electrons. The van der Waals surface area contributed by atoms with Crippen LogP contribution in [0.25, 0.3) is 0 Å². The summed E-state index contributed by atoms with van der Waals surface area (Å²) >= 11 is 0. The summed E-state index contributed by atoms with van der Waals surface area (Å²) in [4.78, 5) is 14.8. The smallest absolute Gasteiger partial charge is 0.337 e. The third-order valence-electron chi connectivity index (χ3n) is 7.93. The number of rotatable bonds is 9. The SMILES string of the molecule is Cc1ccc(CN2CCC(CNCc3c(C(=O)O)c(C)n(Cc4cc(C)ccc4C)c3C)CC2)cc1. The van der Waals surface area contributed by atoms with Crippen molar-refractivity contribution >= 4 is 5.97 Å². The van der Waals surface area contributed by atoms with Gasteiger partial charge in [0.25, 0.3) is 0 Å². The number of carboxylic acids is 1. The van der Waals surface area contributed by atoms with Gasteiger partial charge in [-0.25, -0.2) is 4.79 Å². The number of nitrogens with one attached hydrogen (secondary N) is 1. The number of carbonyl (C=O) groups is 1. The lowest BCUT2D eigenvalue weighted by Gasteiger charge is -2.32. The normalized spacial score (nSPS) is 14.9. The Labute approximate surface area is 216 Å². The summed E-state index contributed by atoms with van der Waals surface area (Å²) in [7, 11) is 0. The van der Waals surface area contributed by atoms with E-state index in [0.717, 1.165) is 43.1 Å². The molecule has 4 rings (SSSR count). The zero-order valence-electron chi connectivity index (χ0n) is 22.5. The molecular weight excluding hydrogens is 446 g/mol. The molecule has 5 nitrogen and oxygen atoms in total. The van der Waals surface area contributed by atoms with E-state index in [1.165, 1.54) is 40.7 Å². The van der Waals surface area contributed by atoms with E-state index in [2.05, 4.69) is 84.9 Å². The average molecular weight is 488 g/mol. The van der Waals surface area contributed by atoms with Crippen molar-refractivity contribution in [2.45, 2.75) is 67.1 Å². The molecule has 1 aliphatic heterocycles. The first kappa shape index (κ1) is 26.2. The molecule has 1 aliphatic rings. The van der Waals surface area contributed by atoms with Gasteiger partial charge in [-0.1, -0.05) is 53.6 Å². The van der Waals surface area contributed by atoms with Crippen molar-refractivity contribution in [1.29, 1.82) is 0 Å². The quantitative estimate of drug-likeness (QED) is 0.402. The highest BCUT2D eigenvalue weighted by Crippen LogP contribution is 2.26. The lowest BCUT2D eigenvalue weighted by Crippen LogP contribution is -2.36. The minimum Gasteiger partial charge on any atom is -0.478 e. The number of nitrogens with zero attached hydrogens (tertiary/aromatic N) is 2. The summed E-state index contributed by atoms with van der Waals surface area (Å²) in [6, 6.07) is 15.3. The average Bonchev–Trinajstić information content (AvgIpc) is 3.08. The molecule has 0 unspecified atom stereocenters. The predicted molar refractivity (Wildman–Crippen MR) is 147 cm³/mol. The third kappa shape index (κ3) is 6.08. The second-order valence-corrected chi connectivity index (χ2v) is 10.7. The monoisotopic (exact) mass is 487 g/mol. The first-order valence-corrected chi connectivity index (χ1v) is 13.2. The number of likely N-dealkylation sites (tertiary alicyclic amines) is 1. The lowest BCUT2D eigenvalue weighted by atomic mass is 9.96. The molecule has 3 aromatic rings. The molecule has 2 N–H and O–H groups in total. The Morgan fingerprint density at radius 1 is 0.917 bits per heavy atom. The molecule has 1 fully saturated rings. The van der Waals surface area contributed by atoms with Crippen molar-refractivity contribution in [3.63, 3.8) is 0 Å². The second-order valence-electron chi connectivity index (χ2n) is 10.7. The molecule has 0 aliphatic carbocycles. The molecule has 0 radical (unpaired) electrons. The molecule has 36 heavy (non-hydrogen) atoms. The molecule has 0 atom stereocenters. The zero-order chi connectivity index (χ0) is 25.8. The van der Waals surface area contributed by atoms with Crippen LogP contribution in [-0.2, 0) is 19.6 Å². The van der Waals surface area contributed by atoms with Gasteiger partial charge in [0.15, 0.2) is 0 Å². The van der Waals surface area contributed by atoms with Gasteiger partial charge in [0.05, 0.1) is 5.56 Å². The standard InChI is InChI=1S/C31H41N3O2/c1-21-7-10-27(11-8-21)19-33-14-12-26(13-15-33)17-32-18-29-24(4)34(25(5)30(29)31(35)36)20-28-16-22(2)6-9-23(28)3/h6-11,16,26,32H,12-15,17-20H2,1-5H3,(H,35,36). The number of hydrogen-bond acceptors (Lipinski definition) is 3. The fourth-order valence-electron chi connectivity index (χ4n) is 5.53. The van der Waals surface area contributed by atoms with Crippen LogP contribution in [0.5, 0.6) is 0 Å². The van der Waals surface area contributed by atoms with Gasteiger partial charge in [0.2, 0.25) is 0 Å². The Morgan fingerprint density at radius 3 is 2.25 bits per heavy atom. The maximum Gasteiger partial charge on any atom is 0.337 e. The fourth-order valence-corrected chi connectivity index (χ4v) is 5.53. The van der Waals surface area contributed by atoms with E-state index in [-0.39, 0.29) is 0 Å². The van der Waals surface area contributed by atoms with E-state index < -0.39 is 5.97 Å². The van der Waals surface area contributed by atoms with Crippen LogP contribution in [0.3, 0.4) is 0 Å². The van der Waals surface area contributed by atoms with Crippen LogP contribution in [0.15, 0.2) is 42.5 Å². The van der Waals surface area contributed by atoms with Gasteiger partial charge in [-0.05, 0) is 89.7 Å². The molecule has 5 heteroatoms. The first-order chi connectivity index (χ1) is 17.2. The molecule has 2 aromatic carbocycles. The van der Waals surface area contributed by atoms with Gasteiger partial charge in [-0.15, -0.1) is 0 Å². The van der Waals surface area contributed by atoms with Crippen LogP contribution in [0, 0.1) is 40.5 Å². The largest absolute Gasteiger partial charge is 0.478 e. The van der Waals surface area contributed by atoms with Crippen LogP contribution in [0.4, 0.5) is 0 Å². The van der Waals surface area contributed by atoms with Gasteiger partial charge in [0.1, 0.15) is 0 Å². The van der Waals surface area contributed by atoms with E-state index in [9.17, 15) is 9.90 Å². The van der Waals surface area contributed by atoms with Crippen LogP contribution in [-0.4, -0.2) is 40.2 Å². The molecule has 0 amide bonds. The number of aromatic carboxylic acids is 1. The zero-order valence-corrected chi connectivity index (χ0v) is 22.5. The second kappa shape index (κ2) is 11.4. The van der Waals surface area contributed by atoms with E-state index in [1.54, 1.807) is 0 Å². The molecular formula is C31H41N3O2. The van der Waals surface area contributed by atoms with Crippen LogP contribution in [0.2, 0.25) is 0 Å². The van der Waals surface area contributed by atoms with Crippen molar-refractivity contribution in [3.8, 4) is 0 Å². The van der Waals surface area contributed by atoms with E-state index in [1.807, 2.05) is 6.92 Å². The number of hydrogen-bond donors (Lipinski definition) is 2. The fraction of sp³-hybridized carbons (Fsp3) is 0.452. The van der Waals surface area contributed by atoms with E-state index >= 15 is 0 Å². The Hall–Kier alpha value is -2.89. The summed E-state index contributed by atoms with van der Waals surface area (Å²) in [5.74, 6) is -0.206. The summed E-state index contributed by atoms with van der Waals surface area (Å²) in [6.45, 7) is 15.8. The van der Waals surface area contributed by atoms with Crippen molar-refractivity contribution in [3.05, 3.63) is 92.8 Å². The van der Waals surface area contributed by atoms with Gasteiger partial charge < -0.3 is 15.0 Å². The predicted octanol–water partition coefficient (Wildman–Crippen LogP) is 5.78. The van der Waals surface area contributed by atoms with Crippen molar-refractivity contribution in [2.24, 2.45) is 5.92 Å². The molecule has 2 heterocycles. The van der Waals surface area contributed by atoms with Gasteiger partial charge >= 0.3 is 5.97 Å². The summed E-state index contributed by atoms with van der Waals surface area (Å²) < 4.78 is 2.17. The van der Waals surface area contributed by atoms with Gasteiger partial charge in [-0.2, -0.15) is 0 Å². The summed E-state index contributed by atoms with van der Waals surface area (Å²) in [6.07, 6.45) is 2.35. The minimum atomic E-state index is -0.837. The Kier molecular flexibility index (Phi) is 8.32. The summed E-state index contributed by atoms with van der Waals surface area (Å²) in [5, 5.41) is 13.6. The van der Waals surface area contributed by atoms with Gasteiger partial charge in [-0.3, -0.25) is 4.90 Å². The topological polar surface area (TPSA) is 57.5 Å². The van der Waals surface area contributed by atoms with Crippen molar-refractivity contribution in [2.75, 3.05) is 19.6 Å². The van der Waals surface area contributed by atoms with Crippen molar-refractivity contribution in [1.82, 2.24) is 14.8 Å². The van der Waals surface area contributed by atoms with Crippen LogP contribution in [0.1, 0.15) is 68.0 Å². The third-order valence-corrected chi connectivity index (χ3v) is 7.93. The Balaban J connectivity index is 1.36. The highest BCUT2D eigenvalue weighted by Gasteiger charge is 2.24. The molecule has 0 spiro atoms. The number of aryl methyl sites for hydroxylation is 3. The highest BCUT2D eigenvalue weighted by atomic mass is 16.4. The first-order valence-electron chi connectivity index (χ1n) is 13.2. The number of carboxylic acid groups (broad SMARTS) is 1. The van der Waals surface area contributed by atoms with Crippen molar-refractivity contribution < 1.29 is 9.90 Å². The summed E-state index contributed by atoms with van der Waals surface area (Å²) in [5.41, 5.74) is 9.65.